The van der Waals surface area contributed by atoms with Crippen LogP contribution in [0.2, 0.25) is 0 Å². The Bertz CT molecular complexity index is 771. The zero-order chi connectivity index (χ0) is 21.2. The van der Waals surface area contributed by atoms with Crippen LogP contribution in [0.4, 0.5) is 0 Å². The minimum atomic E-state index is -0.833. The summed E-state index contributed by atoms with van der Waals surface area (Å²) in [4.78, 5) is 40.1. The van der Waals surface area contributed by atoms with Gasteiger partial charge in [0.15, 0.2) is 0 Å². The average molecular weight is 405 g/mol. The molecule has 2 heterocycles. The molecule has 3 atom stereocenters. The number of rotatable bonds is 7. The van der Waals surface area contributed by atoms with Gasteiger partial charge in [-0.05, 0) is 31.4 Å². The molecular formula is C19H27N5O5. The van der Waals surface area contributed by atoms with E-state index in [1.54, 1.807) is 30.9 Å². The second kappa shape index (κ2) is 11.0. The Hall–Kier alpha value is -3.14. The third kappa shape index (κ3) is 7.41. The van der Waals surface area contributed by atoms with Gasteiger partial charge in [0.25, 0.3) is 11.9 Å². The Morgan fingerprint density at radius 3 is 2.72 bits per heavy atom. The molecular weight excluding hydrogens is 378 g/mol. The van der Waals surface area contributed by atoms with Crippen LogP contribution >= 0.6 is 0 Å². The van der Waals surface area contributed by atoms with Crippen molar-refractivity contribution in [3.05, 3.63) is 42.7 Å². The summed E-state index contributed by atoms with van der Waals surface area (Å²) < 4.78 is 1.96. The summed E-state index contributed by atoms with van der Waals surface area (Å²) in [5.74, 6) is -1.45. The summed E-state index contributed by atoms with van der Waals surface area (Å²) in [6.45, 7) is 2.45. The number of carboxylic acids is 1. The molecule has 1 aliphatic rings. The number of aryl methyl sites for hydroxylation is 1. The zero-order valence-corrected chi connectivity index (χ0v) is 16.2. The molecule has 0 aromatic carbocycles. The van der Waals surface area contributed by atoms with Crippen LogP contribution < -0.4 is 10.6 Å². The average Bonchev–Trinajstić information content (AvgIpc) is 3.41. The summed E-state index contributed by atoms with van der Waals surface area (Å²) in [7, 11) is 0. The minimum absolute atomic E-state index is 0.0682. The van der Waals surface area contributed by atoms with E-state index in [1.807, 2.05) is 10.8 Å². The SMILES string of the molecule is CC(=O)O.O=C(N[C@H]1C[C@H](C(=O)NCCCn2ccnc2)C[C@@H]1O)c1ccc[nH]1. The second-order valence-corrected chi connectivity index (χ2v) is 6.86. The van der Waals surface area contributed by atoms with Gasteiger partial charge in [0, 0.05) is 44.5 Å². The summed E-state index contributed by atoms with van der Waals surface area (Å²) >= 11 is 0. The maximum absolute atomic E-state index is 12.3. The number of aromatic nitrogens is 3. The lowest BCUT2D eigenvalue weighted by molar-refractivity contribution is -0.134. The summed E-state index contributed by atoms with van der Waals surface area (Å²) in [5, 5.41) is 23.3. The number of aliphatic carboxylic acids is 1. The molecule has 2 aromatic rings. The largest absolute Gasteiger partial charge is 0.481 e. The highest BCUT2D eigenvalue weighted by atomic mass is 16.4. The van der Waals surface area contributed by atoms with Gasteiger partial charge in [-0.1, -0.05) is 0 Å². The van der Waals surface area contributed by atoms with Crippen molar-refractivity contribution < 1.29 is 24.6 Å². The molecule has 3 rings (SSSR count). The highest BCUT2D eigenvalue weighted by Gasteiger charge is 2.37. The fourth-order valence-electron chi connectivity index (χ4n) is 3.14. The number of imidazole rings is 1. The van der Waals surface area contributed by atoms with Crippen molar-refractivity contribution in [3.8, 4) is 0 Å². The van der Waals surface area contributed by atoms with E-state index in [0.717, 1.165) is 19.9 Å². The first-order valence-electron chi connectivity index (χ1n) is 9.42. The number of hydrogen-bond acceptors (Lipinski definition) is 5. The Morgan fingerprint density at radius 2 is 2.10 bits per heavy atom. The maximum Gasteiger partial charge on any atom is 0.300 e. The molecule has 2 amide bonds. The molecule has 0 saturated heterocycles. The standard InChI is InChI=1S/C17H23N5O3.C2H4O2/c23-15-10-12(9-14(15)21-17(25)13-3-1-4-19-13)16(24)20-5-2-7-22-8-6-18-11-22;1-2(3)4/h1,3-4,6,8,11-12,14-15,19,23H,2,5,7,9-10H2,(H,20,24)(H,21,25);1H3,(H,3,4)/t12-,14-,15-;/m0./s1. The Balaban J connectivity index is 0.000000687. The third-order valence-electron chi connectivity index (χ3n) is 4.51. The Morgan fingerprint density at radius 1 is 1.34 bits per heavy atom. The lowest BCUT2D eigenvalue weighted by atomic mass is 10.1. The fourth-order valence-corrected chi connectivity index (χ4v) is 3.14. The first-order chi connectivity index (χ1) is 13.9. The van der Waals surface area contributed by atoms with E-state index in [9.17, 15) is 14.7 Å². The first kappa shape index (κ1) is 22.2. The van der Waals surface area contributed by atoms with Crippen LogP contribution in [0.5, 0.6) is 0 Å². The van der Waals surface area contributed by atoms with Gasteiger partial charge in [-0.25, -0.2) is 4.98 Å². The second-order valence-electron chi connectivity index (χ2n) is 6.86. The van der Waals surface area contributed by atoms with Crippen LogP contribution in [0, 0.1) is 5.92 Å². The van der Waals surface area contributed by atoms with Crippen LogP contribution in [-0.4, -0.2) is 61.2 Å². The number of carbonyl (C=O) groups excluding carboxylic acids is 2. The molecule has 0 spiro atoms. The van der Waals surface area contributed by atoms with Gasteiger partial charge in [-0.2, -0.15) is 0 Å². The van der Waals surface area contributed by atoms with Crippen molar-refractivity contribution in [1.82, 2.24) is 25.2 Å². The Kier molecular flexibility index (Phi) is 8.41. The number of aliphatic hydroxyl groups excluding tert-OH is 1. The van der Waals surface area contributed by atoms with Crippen LogP contribution in [0.15, 0.2) is 37.1 Å². The van der Waals surface area contributed by atoms with E-state index in [0.29, 0.717) is 25.1 Å². The molecule has 1 saturated carbocycles. The molecule has 10 heteroatoms. The quantitative estimate of drug-likeness (QED) is 0.420. The molecule has 29 heavy (non-hydrogen) atoms. The lowest BCUT2D eigenvalue weighted by Gasteiger charge is -2.15. The lowest BCUT2D eigenvalue weighted by Crippen LogP contribution is -2.40. The molecule has 10 nitrogen and oxygen atoms in total. The number of nitrogens with one attached hydrogen (secondary N) is 3. The van der Waals surface area contributed by atoms with E-state index in [4.69, 9.17) is 9.90 Å². The van der Waals surface area contributed by atoms with E-state index < -0.39 is 18.1 Å². The zero-order valence-electron chi connectivity index (χ0n) is 16.2. The van der Waals surface area contributed by atoms with Crippen LogP contribution in [0.1, 0.15) is 36.7 Å². The summed E-state index contributed by atoms with van der Waals surface area (Å²) in [5.41, 5.74) is 0.444. The number of aromatic amines is 1. The van der Waals surface area contributed by atoms with Gasteiger partial charge < -0.3 is 30.4 Å². The monoisotopic (exact) mass is 405 g/mol. The van der Waals surface area contributed by atoms with Gasteiger partial charge >= 0.3 is 0 Å². The molecule has 0 unspecified atom stereocenters. The number of aliphatic hydroxyl groups is 1. The molecule has 0 aliphatic heterocycles. The van der Waals surface area contributed by atoms with Crippen molar-refractivity contribution in [1.29, 1.82) is 0 Å². The molecule has 0 radical (unpaired) electrons. The van der Waals surface area contributed by atoms with Gasteiger partial charge in [0.1, 0.15) is 5.69 Å². The highest BCUT2D eigenvalue weighted by molar-refractivity contribution is 5.92. The number of hydrogen-bond donors (Lipinski definition) is 5. The molecule has 1 fully saturated rings. The van der Waals surface area contributed by atoms with Gasteiger partial charge in [-0.3, -0.25) is 14.4 Å². The van der Waals surface area contributed by atoms with Gasteiger partial charge in [-0.15, -0.1) is 0 Å². The van der Waals surface area contributed by atoms with Crippen LogP contribution in [0.25, 0.3) is 0 Å². The van der Waals surface area contributed by atoms with Crippen molar-refractivity contribution in [2.24, 2.45) is 5.92 Å². The maximum atomic E-state index is 12.3. The molecule has 158 valence electrons. The van der Waals surface area contributed by atoms with Crippen molar-refractivity contribution in [3.63, 3.8) is 0 Å². The molecule has 1 aliphatic carbocycles. The van der Waals surface area contributed by atoms with Gasteiger partial charge in [0.2, 0.25) is 5.91 Å². The topological polar surface area (TPSA) is 149 Å². The number of H-pyrrole nitrogens is 1. The van der Waals surface area contributed by atoms with Gasteiger partial charge in [0.05, 0.1) is 18.5 Å². The highest BCUT2D eigenvalue weighted by Crippen LogP contribution is 2.26. The van der Waals surface area contributed by atoms with Crippen molar-refractivity contribution >= 4 is 17.8 Å². The molecule has 0 bridgehead atoms. The Labute approximate surface area is 168 Å². The van der Waals surface area contributed by atoms with E-state index in [-0.39, 0.29) is 17.7 Å². The van der Waals surface area contributed by atoms with Crippen molar-refractivity contribution in [2.45, 2.75) is 44.9 Å². The minimum Gasteiger partial charge on any atom is -0.481 e. The molecule has 5 N–H and O–H groups in total. The fraction of sp³-hybridized carbons (Fsp3) is 0.474. The number of carboxylic acid groups (broad SMARTS) is 1. The van der Waals surface area contributed by atoms with E-state index in [1.165, 1.54) is 0 Å². The van der Waals surface area contributed by atoms with Crippen LogP contribution in [-0.2, 0) is 16.1 Å². The number of carbonyl (C=O) groups is 3. The number of nitrogens with zero attached hydrogens (tertiary/aromatic N) is 2. The van der Waals surface area contributed by atoms with E-state index >= 15 is 0 Å². The number of amides is 2. The predicted molar refractivity (Wildman–Crippen MR) is 104 cm³/mol. The van der Waals surface area contributed by atoms with Crippen molar-refractivity contribution in [2.75, 3.05) is 6.54 Å². The normalized spacial score (nSPS) is 20.4. The van der Waals surface area contributed by atoms with Crippen LogP contribution in [0.3, 0.4) is 0 Å². The third-order valence-corrected chi connectivity index (χ3v) is 4.51. The molecule has 2 aromatic heterocycles. The smallest absolute Gasteiger partial charge is 0.300 e. The summed E-state index contributed by atoms with van der Waals surface area (Å²) in [6.07, 6.45) is 7.92. The summed E-state index contributed by atoms with van der Waals surface area (Å²) in [6, 6.07) is 3.00. The predicted octanol–water partition coefficient (Wildman–Crippen LogP) is 0.378. The first-order valence-corrected chi connectivity index (χ1v) is 9.42. The van der Waals surface area contributed by atoms with E-state index in [2.05, 4.69) is 20.6 Å².